The first kappa shape index (κ1) is 59.2. The number of carbonyl (C=O) groups is 1. The van der Waals surface area contributed by atoms with E-state index >= 15 is 0 Å². The molecule has 0 aliphatic heterocycles. The van der Waals surface area contributed by atoms with E-state index in [-0.39, 0.29) is 25.8 Å². The molecule has 1 N–H and O–H groups in total. The highest BCUT2D eigenvalue weighted by atomic mass is 31.2. The molecule has 9 heteroatoms. The predicted molar refractivity (Wildman–Crippen MR) is 261 cm³/mol. The highest BCUT2D eigenvalue weighted by Gasteiger charge is 2.26. The Labute approximate surface area is 377 Å². The van der Waals surface area contributed by atoms with Crippen LogP contribution in [0.2, 0.25) is 0 Å². The molecule has 0 fully saturated rings. The molecule has 0 aromatic carbocycles. The van der Waals surface area contributed by atoms with Gasteiger partial charge in [0.1, 0.15) is 19.3 Å². The molecule has 0 aromatic rings. The van der Waals surface area contributed by atoms with Crippen LogP contribution in [0, 0.1) is 0 Å². The lowest BCUT2D eigenvalue weighted by Gasteiger charge is -2.24. The first-order valence-electron chi connectivity index (χ1n) is 25.0. The van der Waals surface area contributed by atoms with Crippen LogP contribution in [0.5, 0.6) is 0 Å². The van der Waals surface area contributed by atoms with E-state index in [0.29, 0.717) is 24.1 Å². The number of esters is 1. The summed E-state index contributed by atoms with van der Waals surface area (Å²) < 4.78 is 35.0. The number of likely N-dealkylation sites (N-methyl/N-ethyl adjacent to an activating group) is 1. The van der Waals surface area contributed by atoms with Crippen LogP contribution in [0.15, 0.2) is 60.8 Å². The van der Waals surface area contributed by atoms with Gasteiger partial charge in [-0.1, -0.05) is 184 Å². The van der Waals surface area contributed by atoms with Crippen molar-refractivity contribution in [2.24, 2.45) is 0 Å². The quantitative estimate of drug-likeness (QED) is 0.0214. The molecule has 0 aliphatic carbocycles. The number of phosphoric acid groups is 1. The van der Waals surface area contributed by atoms with Crippen molar-refractivity contribution in [3.8, 4) is 0 Å². The summed E-state index contributed by atoms with van der Waals surface area (Å²) in [5.41, 5.74) is 0. The highest BCUT2D eigenvalue weighted by molar-refractivity contribution is 7.47. The summed E-state index contributed by atoms with van der Waals surface area (Å²) in [6.45, 7) is 5.46. The maximum absolute atomic E-state index is 12.7. The van der Waals surface area contributed by atoms with Gasteiger partial charge >= 0.3 is 13.8 Å². The standard InChI is InChI=1S/C52H96NO7P/c1-6-8-10-12-14-16-18-20-21-22-23-24-25-26-27-28-29-30-31-32-34-36-38-40-42-44-47-57-49-51(50-59-61(55,56)58-48-46-53(3,4)5)60-52(54)45-43-41-39-37-35-33-19-17-15-13-11-9-7-2/h9,11,15,17-18,20,22-23,33,35,51H,6-8,10,12-14,16,19,21,24-32,34,36-50H2,1-5H3/p+1/b11-9-,17-15-,20-18-,23-22-,35-33-. The number of carbonyl (C=O) groups excluding carboxylic acids is 1. The average molecular weight is 879 g/mol. The molecule has 0 bridgehead atoms. The summed E-state index contributed by atoms with van der Waals surface area (Å²) >= 11 is 0. The third-order valence-electron chi connectivity index (χ3n) is 10.6. The summed E-state index contributed by atoms with van der Waals surface area (Å²) in [6.07, 6.45) is 57.1. The lowest BCUT2D eigenvalue weighted by Crippen LogP contribution is -2.37. The lowest BCUT2D eigenvalue weighted by atomic mass is 10.0. The van der Waals surface area contributed by atoms with Crippen LogP contribution in [-0.2, 0) is 27.9 Å². The molecule has 0 aromatic heterocycles. The van der Waals surface area contributed by atoms with Crippen LogP contribution < -0.4 is 0 Å². The van der Waals surface area contributed by atoms with E-state index < -0.39 is 13.9 Å². The van der Waals surface area contributed by atoms with Crippen LogP contribution >= 0.6 is 7.82 Å². The second-order valence-corrected chi connectivity index (χ2v) is 19.3. The SMILES string of the molecule is CC/C=C\C/C=C\C/C=C\CCCCCC(=O)OC(COCCCCCCCCCCCCCCCC/C=C\C/C=C\CCCCCCC)COP(=O)(O)OCC[N+](C)(C)C. The molecule has 2 unspecified atom stereocenters. The topological polar surface area (TPSA) is 91.3 Å². The lowest BCUT2D eigenvalue weighted by molar-refractivity contribution is -0.870. The fourth-order valence-corrected chi connectivity index (χ4v) is 7.46. The molecular formula is C52H97NO7P+. The first-order valence-corrected chi connectivity index (χ1v) is 26.5. The molecule has 0 heterocycles. The monoisotopic (exact) mass is 879 g/mol. The Morgan fingerprint density at radius 1 is 0.525 bits per heavy atom. The van der Waals surface area contributed by atoms with E-state index in [1.54, 1.807) is 0 Å². The number of allylic oxidation sites excluding steroid dienone is 10. The summed E-state index contributed by atoms with van der Waals surface area (Å²) in [6, 6.07) is 0. The molecule has 0 saturated heterocycles. The van der Waals surface area contributed by atoms with Crippen LogP contribution in [0.1, 0.15) is 206 Å². The van der Waals surface area contributed by atoms with Gasteiger partial charge in [0, 0.05) is 13.0 Å². The van der Waals surface area contributed by atoms with Crippen LogP contribution in [0.25, 0.3) is 0 Å². The second-order valence-electron chi connectivity index (χ2n) is 17.8. The summed E-state index contributed by atoms with van der Waals surface area (Å²) in [5, 5.41) is 0. The van der Waals surface area contributed by atoms with E-state index in [9.17, 15) is 14.3 Å². The summed E-state index contributed by atoms with van der Waals surface area (Å²) in [4.78, 5) is 22.9. The number of nitrogens with zero attached hydrogens (tertiary/aromatic N) is 1. The van der Waals surface area contributed by atoms with Crippen LogP contribution in [-0.4, -0.2) is 75.6 Å². The Hall–Kier alpha value is -1.80. The van der Waals surface area contributed by atoms with Crippen molar-refractivity contribution in [1.29, 1.82) is 0 Å². The molecule has 2 atom stereocenters. The molecule has 0 aliphatic rings. The molecule has 356 valence electrons. The number of unbranched alkanes of at least 4 members (excludes halogenated alkanes) is 22. The van der Waals surface area contributed by atoms with Gasteiger partial charge in [0.05, 0.1) is 34.4 Å². The van der Waals surface area contributed by atoms with Crippen LogP contribution in [0.3, 0.4) is 0 Å². The van der Waals surface area contributed by atoms with Gasteiger partial charge in [-0.25, -0.2) is 4.57 Å². The third-order valence-corrected chi connectivity index (χ3v) is 11.5. The van der Waals surface area contributed by atoms with Gasteiger partial charge in [0.2, 0.25) is 0 Å². The van der Waals surface area contributed by atoms with E-state index in [1.807, 2.05) is 21.1 Å². The Morgan fingerprint density at radius 3 is 1.43 bits per heavy atom. The highest BCUT2D eigenvalue weighted by Crippen LogP contribution is 2.43. The van der Waals surface area contributed by atoms with Crippen molar-refractivity contribution in [2.45, 2.75) is 213 Å². The van der Waals surface area contributed by atoms with Crippen molar-refractivity contribution in [1.82, 2.24) is 0 Å². The maximum Gasteiger partial charge on any atom is 0.472 e. The minimum Gasteiger partial charge on any atom is -0.457 e. The van der Waals surface area contributed by atoms with Gasteiger partial charge in [0.15, 0.2) is 0 Å². The van der Waals surface area contributed by atoms with Crippen molar-refractivity contribution < 1.29 is 37.3 Å². The Balaban J connectivity index is 4.08. The largest absolute Gasteiger partial charge is 0.472 e. The van der Waals surface area contributed by atoms with Crippen molar-refractivity contribution >= 4 is 13.8 Å². The zero-order valence-electron chi connectivity index (χ0n) is 40.4. The number of rotatable bonds is 46. The summed E-state index contributed by atoms with van der Waals surface area (Å²) in [7, 11) is 1.64. The van der Waals surface area contributed by atoms with Gasteiger partial charge < -0.3 is 18.9 Å². The van der Waals surface area contributed by atoms with E-state index in [0.717, 1.165) is 64.2 Å². The minimum absolute atomic E-state index is 0.0809. The van der Waals surface area contributed by atoms with Gasteiger partial charge in [-0.2, -0.15) is 0 Å². The smallest absolute Gasteiger partial charge is 0.457 e. The molecule has 8 nitrogen and oxygen atoms in total. The van der Waals surface area contributed by atoms with Crippen LogP contribution in [0.4, 0.5) is 0 Å². The zero-order chi connectivity index (χ0) is 44.8. The third kappa shape index (κ3) is 49.1. The minimum atomic E-state index is -4.29. The van der Waals surface area contributed by atoms with Crippen molar-refractivity contribution in [3.05, 3.63) is 60.8 Å². The molecular weight excluding hydrogens is 782 g/mol. The number of phosphoric ester groups is 1. The second kappa shape index (κ2) is 44.8. The fourth-order valence-electron chi connectivity index (χ4n) is 6.72. The molecule has 0 saturated carbocycles. The Morgan fingerprint density at radius 2 is 0.951 bits per heavy atom. The normalized spacial score (nSPS) is 14.1. The number of quaternary nitrogens is 1. The molecule has 0 radical (unpaired) electrons. The first-order chi connectivity index (χ1) is 29.6. The van der Waals surface area contributed by atoms with E-state index in [4.69, 9.17) is 18.5 Å². The van der Waals surface area contributed by atoms with Crippen molar-refractivity contribution in [2.75, 3.05) is 54.1 Å². The van der Waals surface area contributed by atoms with E-state index in [1.165, 1.54) is 122 Å². The maximum atomic E-state index is 12.7. The molecule has 0 rings (SSSR count). The van der Waals surface area contributed by atoms with Gasteiger partial charge in [-0.3, -0.25) is 13.8 Å². The predicted octanol–water partition coefficient (Wildman–Crippen LogP) is 15.3. The van der Waals surface area contributed by atoms with Gasteiger partial charge in [-0.15, -0.1) is 0 Å². The summed E-state index contributed by atoms with van der Waals surface area (Å²) in [5.74, 6) is -0.342. The molecule has 0 amide bonds. The molecule has 61 heavy (non-hydrogen) atoms. The van der Waals surface area contributed by atoms with E-state index in [2.05, 4.69) is 74.6 Å². The number of hydrogen-bond donors (Lipinski definition) is 1. The fraction of sp³-hybridized carbons (Fsp3) is 0.788. The van der Waals surface area contributed by atoms with Gasteiger partial charge in [-0.05, 0) is 77.0 Å². The zero-order valence-corrected chi connectivity index (χ0v) is 41.3. The number of hydrogen-bond acceptors (Lipinski definition) is 6. The molecule has 0 spiro atoms. The van der Waals surface area contributed by atoms with Crippen molar-refractivity contribution in [3.63, 3.8) is 0 Å². The van der Waals surface area contributed by atoms with Gasteiger partial charge in [0.25, 0.3) is 0 Å². The number of ether oxygens (including phenoxy) is 2. The Kier molecular flexibility index (Phi) is 43.5. The average Bonchev–Trinajstić information content (AvgIpc) is 3.22. The Bertz CT molecular complexity index is 1160.